The average Bonchev–Trinajstić information content (AvgIpc) is 2.80. The van der Waals surface area contributed by atoms with Crippen LogP contribution >= 0.6 is 11.3 Å². The van der Waals surface area contributed by atoms with Crippen molar-refractivity contribution in [2.75, 3.05) is 7.11 Å². The smallest absolute Gasteiger partial charge is 0.129 e. The van der Waals surface area contributed by atoms with Gasteiger partial charge in [-0.05, 0) is 31.7 Å². The lowest BCUT2D eigenvalue weighted by atomic mass is 9.93. The second kappa shape index (κ2) is 5.48. The van der Waals surface area contributed by atoms with Crippen molar-refractivity contribution < 1.29 is 4.74 Å². The first-order chi connectivity index (χ1) is 7.85. The van der Waals surface area contributed by atoms with E-state index >= 15 is 0 Å². The van der Waals surface area contributed by atoms with Crippen molar-refractivity contribution in [2.24, 2.45) is 5.84 Å². The Hall–Kier alpha value is -0.840. The standard InChI is InChI=1S/C12H18N2OS/c1-15-10-7-11(16-8-10)12(14-13)9-5-3-2-4-6-9/h5,7-8,12,14H,2-4,6,13H2,1H3. The van der Waals surface area contributed by atoms with Crippen LogP contribution < -0.4 is 16.0 Å². The fourth-order valence-corrected chi connectivity index (χ4v) is 3.05. The number of methoxy groups -OCH3 is 1. The van der Waals surface area contributed by atoms with E-state index in [0.717, 1.165) is 12.2 Å². The summed E-state index contributed by atoms with van der Waals surface area (Å²) in [7, 11) is 1.69. The molecule has 3 nitrogen and oxygen atoms in total. The van der Waals surface area contributed by atoms with Crippen LogP contribution in [-0.2, 0) is 0 Å². The van der Waals surface area contributed by atoms with Crippen LogP contribution in [0.1, 0.15) is 36.6 Å². The Kier molecular flexibility index (Phi) is 3.98. The Morgan fingerprint density at radius 3 is 2.94 bits per heavy atom. The van der Waals surface area contributed by atoms with E-state index in [1.807, 2.05) is 5.38 Å². The van der Waals surface area contributed by atoms with Crippen LogP contribution in [0.4, 0.5) is 0 Å². The fourth-order valence-electron chi connectivity index (χ4n) is 2.09. The van der Waals surface area contributed by atoms with Gasteiger partial charge in [-0.15, -0.1) is 11.3 Å². The minimum Gasteiger partial charge on any atom is -0.496 e. The molecule has 1 heterocycles. The lowest BCUT2D eigenvalue weighted by Crippen LogP contribution is -2.29. The van der Waals surface area contributed by atoms with Crippen molar-refractivity contribution in [1.82, 2.24) is 5.43 Å². The Labute approximate surface area is 100 Å². The average molecular weight is 238 g/mol. The molecule has 3 N–H and O–H groups in total. The van der Waals surface area contributed by atoms with Gasteiger partial charge in [0, 0.05) is 10.3 Å². The number of hydrogen-bond acceptors (Lipinski definition) is 4. The maximum atomic E-state index is 5.66. The van der Waals surface area contributed by atoms with Crippen molar-refractivity contribution in [3.63, 3.8) is 0 Å². The molecule has 0 amide bonds. The van der Waals surface area contributed by atoms with Crippen LogP contribution in [0.25, 0.3) is 0 Å². The van der Waals surface area contributed by atoms with Gasteiger partial charge in [0.15, 0.2) is 0 Å². The first kappa shape index (κ1) is 11.6. The molecule has 0 radical (unpaired) electrons. The summed E-state index contributed by atoms with van der Waals surface area (Å²) in [4.78, 5) is 1.23. The second-order valence-corrected chi connectivity index (χ2v) is 4.96. The summed E-state index contributed by atoms with van der Waals surface area (Å²) in [6.07, 6.45) is 7.21. The molecule has 1 aromatic heterocycles. The van der Waals surface area contributed by atoms with E-state index in [4.69, 9.17) is 10.6 Å². The third kappa shape index (κ3) is 2.45. The number of hydrogen-bond donors (Lipinski definition) is 2. The maximum absolute atomic E-state index is 5.66. The second-order valence-electron chi connectivity index (χ2n) is 4.01. The minimum atomic E-state index is 0.161. The van der Waals surface area contributed by atoms with Gasteiger partial charge in [0.2, 0.25) is 0 Å². The zero-order valence-electron chi connectivity index (χ0n) is 9.53. The largest absolute Gasteiger partial charge is 0.496 e. The van der Waals surface area contributed by atoms with Crippen LogP contribution in [0, 0.1) is 0 Å². The van der Waals surface area contributed by atoms with E-state index in [9.17, 15) is 0 Å². The lowest BCUT2D eigenvalue weighted by Gasteiger charge is -2.21. The van der Waals surface area contributed by atoms with E-state index < -0.39 is 0 Å². The van der Waals surface area contributed by atoms with Crippen LogP contribution in [0.2, 0.25) is 0 Å². The van der Waals surface area contributed by atoms with E-state index in [1.165, 1.54) is 29.7 Å². The van der Waals surface area contributed by atoms with Gasteiger partial charge in [0.05, 0.1) is 13.2 Å². The molecule has 0 bridgehead atoms. The highest BCUT2D eigenvalue weighted by atomic mass is 32.1. The molecule has 0 aromatic carbocycles. The summed E-state index contributed by atoms with van der Waals surface area (Å²) in [5.41, 5.74) is 4.33. The van der Waals surface area contributed by atoms with Gasteiger partial charge in [-0.1, -0.05) is 11.6 Å². The molecule has 16 heavy (non-hydrogen) atoms. The van der Waals surface area contributed by atoms with Gasteiger partial charge in [0.1, 0.15) is 5.75 Å². The number of thiophene rings is 1. The van der Waals surface area contributed by atoms with Crippen molar-refractivity contribution >= 4 is 11.3 Å². The Morgan fingerprint density at radius 2 is 2.38 bits per heavy atom. The molecule has 2 rings (SSSR count). The summed E-state index contributed by atoms with van der Waals surface area (Å²) in [6, 6.07) is 2.22. The van der Waals surface area contributed by atoms with Crippen molar-refractivity contribution in [3.8, 4) is 5.75 Å². The van der Waals surface area contributed by atoms with Gasteiger partial charge >= 0.3 is 0 Å². The van der Waals surface area contributed by atoms with Crippen LogP contribution in [0.3, 0.4) is 0 Å². The fraction of sp³-hybridized carbons (Fsp3) is 0.500. The zero-order chi connectivity index (χ0) is 11.4. The lowest BCUT2D eigenvalue weighted by molar-refractivity contribution is 0.416. The number of hydrazine groups is 1. The van der Waals surface area contributed by atoms with Crippen molar-refractivity contribution in [2.45, 2.75) is 31.7 Å². The summed E-state index contributed by atoms with van der Waals surface area (Å²) in [6.45, 7) is 0. The molecule has 0 aliphatic heterocycles. The number of rotatable bonds is 4. The van der Waals surface area contributed by atoms with Gasteiger partial charge in [-0.3, -0.25) is 5.84 Å². The van der Waals surface area contributed by atoms with Crippen LogP contribution in [0.5, 0.6) is 5.75 Å². The zero-order valence-corrected chi connectivity index (χ0v) is 10.3. The molecule has 4 heteroatoms. The highest BCUT2D eigenvalue weighted by molar-refractivity contribution is 7.10. The van der Waals surface area contributed by atoms with E-state index in [2.05, 4.69) is 17.6 Å². The Morgan fingerprint density at radius 1 is 1.50 bits per heavy atom. The van der Waals surface area contributed by atoms with Gasteiger partial charge in [0.25, 0.3) is 0 Å². The van der Waals surface area contributed by atoms with E-state index in [1.54, 1.807) is 18.4 Å². The number of nitrogens with one attached hydrogen (secondary N) is 1. The summed E-state index contributed by atoms with van der Waals surface area (Å²) >= 11 is 1.69. The topological polar surface area (TPSA) is 47.3 Å². The third-order valence-corrected chi connectivity index (χ3v) is 3.96. The molecule has 1 aliphatic carbocycles. The first-order valence-corrected chi connectivity index (χ1v) is 6.50. The third-order valence-electron chi connectivity index (χ3n) is 2.98. The molecule has 0 saturated carbocycles. The molecular formula is C12H18N2OS. The van der Waals surface area contributed by atoms with Crippen LogP contribution in [-0.4, -0.2) is 7.11 Å². The molecule has 1 atom stereocenters. The van der Waals surface area contributed by atoms with Crippen LogP contribution in [0.15, 0.2) is 23.1 Å². The minimum absolute atomic E-state index is 0.161. The van der Waals surface area contributed by atoms with Crippen molar-refractivity contribution in [3.05, 3.63) is 28.0 Å². The molecule has 1 aliphatic rings. The maximum Gasteiger partial charge on any atom is 0.129 e. The quantitative estimate of drug-likeness (QED) is 0.482. The van der Waals surface area contributed by atoms with E-state index in [0.29, 0.717) is 0 Å². The number of allylic oxidation sites excluding steroid dienone is 1. The number of ether oxygens (including phenoxy) is 1. The monoisotopic (exact) mass is 238 g/mol. The van der Waals surface area contributed by atoms with Gasteiger partial charge in [-0.25, -0.2) is 5.43 Å². The summed E-state index contributed by atoms with van der Waals surface area (Å²) < 4.78 is 5.20. The Balaban J connectivity index is 2.17. The predicted molar refractivity (Wildman–Crippen MR) is 67.5 cm³/mol. The van der Waals surface area contributed by atoms with E-state index in [-0.39, 0.29) is 6.04 Å². The SMILES string of the molecule is COc1csc(C(NN)C2=CCCCC2)c1. The molecule has 1 unspecified atom stereocenters. The molecule has 88 valence electrons. The molecule has 1 aromatic rings. The number of nitrogens with two attached hydrogens (primary N) is 1. The molecular weight excluding hydrogens is 220 g/mol. The summed E-state index contributed by atoms with van der Waals surface area (Å²) in [5.74, 6) is 6.57. The molecule has 0 saturated heterocycles. The van der Waals surface area contributed by atoms with Gasteiger partial charge in [-0.2, -0.15) is 0 Å². The molecule has 0 spiro atoms. The highest BCUT2D eigenvalue weighted by Gasteiger charge is 2.18. The predicted octanol–water partition coefficient (Wildman–Crippen LogP) is 2.76. The van der Waals surface area contributed by atoms with Gasteiger partial charge < -0.3 is 4.74 Å². The summed E-state index contributed by atoms with van der Waals surface area (Å²) in [5, 5.41) is 2.02. The normalized spacial score (nSPS) is 18.0. The first-order valence-electron chi connectivity index (χ1n) is 5.62. The Bertz CT molecular complexity index is 373. The van der Waals surface area contributed by atoms with Crippen molar-refractivity contribution in [1.29, 1.82) is 0 Å². The molecule has 0 fully saturated rings. The highest BCUT2D eigenvalue weighted by Crippen LogP contribution is 2.34.